The predicted octanol–water partition coefficient (Wildman–Crippen LogP) is 4.74. The fraction of sp³-hybridized carbons (Fsp3) is 0.684. The molecule has 0 amide bonds. The summed E-state index contributed by atoms with van der Waals surface area (Å²) in [5, 5.41) is 3.84. The molecule has 0 aliphatic heterocycles. The number of benzene rings is 1. The van der Waals surface area contributed by atoms with Gasteiger partial charge >= 0.3 is 0 Å². The van der Waals surface area contributed by atoms with E-state index in [2.05, 4.69) is 42.6 Å². The summed E-state index contributed by atoms with van der Waals surface area (Å²) in [4.78, 5) is 0. The lowest BCUT2D eigenvalue weighted by Gasteiger charge is -2.27. The van der Waals surface area contributed by atoms with Crippen LogP contribution in [0.15, 0.2) is 30.3 Å². The lowest BCUT2D eigenvalue weighted by molar-refractivity contribution is 0.292. The van der Waals surface area contributed by atoms with Gasteiger partial charge in [-0.15, -0.1) is 0 Å². The van der Waals surface area contributed by atoms with Crippen molar-refractivity contribution in [3.63, 3.8) is 0 Å². The van der Waals surface area contributed by atoms with Crippen LogP contribution in [0.2, 0.25) is 0 Å². The van der Waals surface area contributed by atoms with Gasteiger partial charge in [-0.3, -0.25) is 0 Å². The van der Waals surface area contributed by atoms with Gasteiger partial charge in [-0.05, 0) is 49.1 Å². The summed E-state index contributed by atoms with van der Waals surface area (Å²) in [6.45, 7) is 3.39. The Balaban J connectivity index is 1.66. The predicted molar refractivity (Wildman–Crippen MR) is 85.9 cm³/mol. The topological polar surface area (TPSA) is 12.0 Å². The normalized spacial score (nSPS) is 28.9. The molecule has 2 aliphatic carbocycles. The first-order chi connectivity index (χ1) is 9.90. The summed E-state index contributed by atoms with van der Waals surface area (Å²) in [7, 11) is 0. The molecule has 20 heavy (non-hydrogen) atoms. The van der Waals surface area contributed by atoms with Gasteiger partial charge in [0.1, 0.15) is 0 Å². The van der Waals surface area contributed by atoms with Crippen molar-refractivity contribution in [2.24, 2.45) is 11.8 Å². The van der Waals surface area contributed by atoms with Crippen molar-refractivity contribution in [3.05, 3.63) is 35.9 Å². The van der Waals surface area contributed by atoms with Crippen LogP contribution in [0.3, 0.4) is 0 Å². The lowest BCUT2D eigenvalue weighted by Crippen LogP contribution is -2.38. The summed E-state index contributed by atoms with van der Waals surface area (Å²) in [5.74, 6) is 2.64. The molecule has 1 nitrogen and oxygen atoms in total. The summed E-state index contributed by atoms with van der Waals surface area (Å²) < 4.78 is 0. The van der Waals surface area contributed by atoms with Crippen molar-refractivity contribution < 1.29 is 0 Å². The molecule has 3 atom stereocenters. The molecular weight excluding hydrogens is 242 g/mol. The highest BCUT2D eigenvalue weighted by Gasteiger charge is 2.45. The second-order valence-electron chi connectivity index (χ2n) is 6.75. The van der Waals surface area contributed by atoms with Crippen LogP contribution in [-0.4, -0.2) is 12.6 Å². The van der Waals surface area contributed by atoms with Gasteiger partial charge in [0.25, 0.3) is 0 Å². The summed E-state index contributed by atoms with van der Waals surface area (Å²) in [6.07, 6.45) is 10.1. The molecule has 2 fully saturated rings. The zero-order valence-electron chi connectivity index (χ0n) is 12.9. The second kappa shape index (κ2) is 6.76. The molecule has 0 radical (unpaired) electrons. The quantitative estimate of drug-likeness (QED) is 0.763. The van der Waals surface area contributed by atoms with Gasteiger partial charge in [-0.25, -0.2) is 0 Å². The number of nitrogens with one attached hydrogen (secondary N) is 1. The van der Waals surface area contributed by atoms with Crippen molar-refractivity contribution in [1.29, 1.82) is 0 Å². The highest BCUT2D eigenvalue weighted by Crippen LogP contribution is 2.52. The van der Waals surface area contributed by atoms with Crippen LogP contribution in [0.25, 0.3) is 0 Å². The van der Waals surface area contributed by atoms with Gasteiger partial charge in [0.2, 0.25) is 0 Å². The largest absolute Gasteiger partial charge is 0.314 e. The lowest BCUT2D eigenvalue weighted by atomic mass is 9.87. The van der Waals surface area contributed by atoms with Crippen LogP contribution in [0.1, 0.15) is 63.4 Å². The Bertz CT molecular complexity index is 391. The van der Waals surface area contributed by atoms with Crippen LogP contribution < -0.4 is 5.32 Å². The van der Waals surface area contributed by atoms with Gasteiger partial charge in [0.15, 0.2) is 0 Å². The van der Waals surface area contributed by atoms with E-state index >= 15 is 0 Å². The van der Waals surface area contributed by atoms with Crippen molar-refractivity contribution in [2.45, 2.75) is 63.8 Å². The van der Waals surface area contributed by atoms with E-state index in [-0.39, 0.29) is 0 Å². The molecule has 0 saturated heterocycles. The molecule has 0 aromatic heterocycles. The van der Waals surface area contributed by atoms with Crippen LogP contribution in [-0.2, 0) is 0 Å². The SMILES string of the molecule is CCNC(C1CCCCCC1)C1CC1c1ccccc1. The minimum atomic E-state index is 0.767. The summed E-state index contributed by atoms with van der Waals surface area (Å²) >= 11 is 0. The monoisotopic (exact) mass is 271 g/mol. The van der Waals surface area contributed by atoms with Gasteiger partial charge in [0, 0.05) is 6.04 Å². The average Bonchev–Trinajstić information content (AvgIpc) is 3.30. The molecule has 3 rings (SSSR count). The second-order valence-corrected chi connectivity index (χ2v) is 6.75. The van der Waals surface area contributed by atoms with E-state index in [1.807, 2.05) is 0 Å². The molecule has 2 aliphatic rings. The molecule has 0 bridgehead atoms. The maximum atomic E-state index is 3.84. The fourth-order valence-corrected chi connectivity index (χ4v) is 4.27. The van der Waals surface area contributed by atoms with Gasteiger partial charge in [-0.1, -0.05) is 62.9 Å². The fourth-order valence-electron chi connectivity index (χ4n) is 4.27. The Morgan fingerprint density at radius 3 is 2.40 bits per heavy atom. The van der Waals surface area contributed by atoms with Gasteiger partial charge in [0.05, 0.1) is 0 Å². The van der Waals surface area contributed by atoms with E-state index in [1.165, 1.54) is 44.9 Å². The van der Waals surface area contributed by atoms with E-state index in [9.17, 15) is 0 Å². The zero-order valence-corrected chi connectivity index (χ0v) is 12.9. The maximum absolute atomic E-state index is 3.84. The van der Waals surface area contributed by atoms with Crippen molar-refractivity contribution >= 4 is 0 Å². The first-order valence-electron chi connectivity index (χ1n) is 8.68. The third kappa shape index (κ3) is 3.25. The highest BCUT2D eigenvalue weighted by molar-refractivity contribution is 5.27. The Morgan fingerprint density at radius 1 is 1.05 bits per heavy atom. The van der Waals surface area contributed by atoms with Gasteiger partial charge in [-0.2, -0.15) is 0 Å². The molecule has 1 aromatic rings. The zero-order chi connectivity index (χ0) is 13.8. The number of rotatable bonds is 5. The molecule has 2 saturated carbocycles. The van der Waals surface area contributed by atoms with Crippen LogP contribution in [0.5, 0.6) is 0 Å². The van der Waals surface area contributed by atoms with E-state index in [4.69, 9.17) is 0 Å². The summed E-state index contributed by atoms with van der Waals surface area (Å²) in [5.41, 5.74) is 1.56. The minimum Gasteiger partial charge on any atom is -0.314 e. The molecule has 110 valence electrons. The van der Waals surface area contributed by atoms with E-state index in [1.54, 1.807) is 5.56 Å². The van der Waals surface area contributed by atoms with E-state index in [0.717, 1.165) is 30.3 Å². The Morgan fingerprint density at radius 2 is 1.75 bits per heavy atom. The molecule has 1 heteroatoms. The van der Waals surface area contributed by atoms with Crippen LogP contribution >= 0.6 is 0 Å². The third-order valence-corrected chi connectivity index (χ3v) is 5.38. The van der Waals surface area contributed by atoms with Crippen LogP contribution in [0.4, 0.5) is 0 Å². The molecule has 3 unspecified atom stereocenters. The maximum Gasteiger partial charge on any atom is 0.0129 e. The van der Waals surface area contributed by atoms with Crippen molar-refractivity contribution in [3.8, 4) is 0 Å². The first-order valence-corrected chi connectivity index (χ1v) is 8.68. The molecule has 1 aromatic carbocycles. The molecule has 0 heterocycles. The number of hydrogen-bond acceptors (Lipinski definition) is 1. The van der Waals surface area contributed by atoms with Crippen molar-refractivity contribution in [2.75, 3.05) is 6.54 Å². The van der Waals surface area contributed by atoms with E-state index < -0.39 is 0 Å². The standard InChI is InChI=1S/C19H29N/c1-2-20-19(16-12-6-3-4-7-13-16)18-14-17(18)15-10-8-5-9-11-15/h5,8-11,16-20H,2-4,6-7,12-14H2,1H3. The van der Waals surface area contributed by atoms with Gasteiger partial charge < -0.3 is 5.32 Å². The minimum absolute atomic E-state index is 0.767. The number of hydrogen-bond donors (Lipinski definition) is 1. The molecule has 0 spiro atoms. The van der Waals surface area contributed by atoms with Crippen LogP contribution in [0, 0.1) is 11.8 Å². The Kier molecular flexibility index (Phi) is 4.77. The average molecular weight is 271 g/mol. The Labute approximate surface area is 124 Å². The van der Waals surface area contributed by atoms with E-state index in [0.29, 0.717) is 0 Å². The Hall–Kier alpha value is -0.820. The summed E-state index contributed by atoms with van der Waals surface area (Å²) in [6, 6.07) is 11.9. The smallest absolute Gasteiger partial charge is 0.0129 e. The highest BCUT2D eigenvalue weighted by atomic mass is 14.9. The molecular formula is C19H29N. The first kappa shape index (κ1) is 14.1. The third-order valence-electron chi connectivity index (χ3n) is 5.38. The molecule has 1 N–H and O–H groups in total. The van der Waals surface area contributed by atoms with Crippen molar-refractivity contribution in [1.82, 2.24) is 5.32 Å².